The number of allylic oxidation sites excluding steroid dienone is 1. The lowest BCUT2D eigenvalue weighted by Gasteiger charge is -2.63. The first kappa shape index (κ1) is 25.3. The zero-order valence-corrected chi connectivity index (χ0v) is 20.7. The van der Waals surface area contributed by atoms with E-state index in [1.165, 1.54) is 24.3 Å². The SMILES string of the molecule is C=C1C[C@@]23CC[C@H]1C[C@@H]2[C@](C)(CCC(=O)Nc1c(O)ccc(C(=O)O)c1O)C(=O)C[C@@H]3SC(C)=O. The zero-order chi connectivity index (χ0) is 25.7. The first-order valence-corrected chi connectivity index (χ1v) is 12.7. The van der Waals surface area contributed by atoms with E-state index in [2.05, 4.69) is 11.9 Å². The number of benzene rings is 1. The van der Waals surface area contributed by atoms with Gasteiger partial charge < -0.3 is 20.6 Å². The van der Waals surface area contributed by atoms with E-state index in [4.69, 9.17) is 0 Å². The van der Waals surface area contributed by atoms with Crippen LogP contribution >= 0.6 is 11.8 Å². The molecule has 4 N–H and O–H groups in total. The number of carbonyl (C=O) groups excluding carboxylic acids is 3. The second-order valence-corrected chi connectivity index (χ2v) is 11.8. The monoisotopic (exact) mass is 501 g/mol. The summed E-state index contributed by atoms with van der Waals surface area (Å²) in [6, 6.07) is 2.14. The van der Waals surface area contributed by atoms with E-state index in [1.54, 1.807) is 0 Å². The lowest BCUT2D eigenvalue weighted by atomic mass is 9.42. The van der Waals surface area contributed by atoms with E-state index in [0.717, 1.165) is 37.8 Å². The zero-order valence-electron chi connectivity index (χ0n) is 19.9. The maximum absolute atomic E-state index is 13.5. The third kappa shape index (κ3) is 4.24. The van der Waals surface area contributed by atoms with Crippen LogP contribution in [0.15, 0.2) is 24.3 Å². The fraction of sp³-hybridized carbons (Fsp3) is 0.538. The molecule has 4 aliphatic carbocycles. The number of ketones is 1. The van der Waals surface area contributed by atoms with Crippen molar-refractivity contribution in [3.8, 4) is 11.5 Å². The molecule has 0 aromatic heterocycles. The van der Waals surface area contributed by atoms with Crippen LogP contribution in [0.2, 0.25) is 0 Å². The number of aromatic carboxylic acids is 1. The van der Waals surface area contributed by atoms with E-state index >= 15 is 0 Å². The van der Waals surface area contributed by atoms with Crippen molar-refractivity contribution in [2.24, 2.45) is 22.7 Å². The topological polar surface area (TPSA) is 141 Å². The minimum Gasteiger partial charge on any atom is -0.506 e. The van der Waals surface area contributed by atoms with Gasteiger partial charge in [0.1, 0.15) is 22.8 Å². The molecule has 1 aromatic rings. The fourth-order valence-electron chi connectivity index (χ4n) is 6.72. The minimum absolute atomic E-state index is 0.000390. The van der Waals surface area contributed by atoms with Gasteiger partial charge >= 0.3 is 5.97 Å². The summed E-state index contributed by atoms with van der Waals surface area (Å²) in [6.07, 6.45) is 4.08. The molecule has 4 saturated carbocycles. The van der Waals surface area contributed by atoms with Gasteiger partial charge in [-0.15, -0.1) is 0 Å². The van der Waals surface area contributed by atoms with Crippen LogP contribution in [0.25, 0.3) is 0 Å². The van der Waals surface area contributed by atoms with Crippen molar-refractivity contribution >= 4 is 40.2 Å². The van der Waals surface area contributed by atoms with Crippen LogP contribution in [-0.4, -0.2) is 43.3 Å². The number of carboxylic acids is 1. The average Bonchev–Trinajstić information content (AvgIpc) is 2.78. The second-order valence-electron chi connectivity index (χ2n) is 10.4. The van der Waals surface area contributed by atoms with Gasteiger partial charge in [-0.3, -0.25) is 14.4 Å². The summed E-state index contributed by atoms with van der Waals surface area (Å²) in [5.41, 5.74) is -0.565. The van der Waals surface area contributed by atoms with Crippen molar-refractivity contribution in [3.05, 3.63) is 29.8 Å². The number of carbonyl (C=O) groups is 4. The first-order valence-electron chi connectivity index (χ1n) is 11.9. The maximum atomic E-state index is 13.5. The van der Waals surface area contributed by atoms with Crippen molar-refractivity contribution in [2.75, 3.05) is 5.32 Å². The molecule has 5 atom stereocenters. The number of carboxylic acid groups (broad SMARTS) is 1. The molecule has 0 aliphatic heterocycles. The Kier molecular flexibility index (Phi) is 6.51. The molecular weight excluding hydrogens is 470 g/mol. The van der Waals surface area contributed by atoms with Gasteiger partial charge in [-0.05, 0) is 61.5 Å². The highest BCUT2D eigenvalue weighted by Crippen LogP contribution is 2.68. The van der Waals surface area contributed by atoms with E-state index < -0.39 is 34.4 Å². The predicted molar refractivity (Wildman–Crippen MR) is 131 cm³/mol. The standard InChI is InChI=1S/C26H31NO7S/c1-13-12-26-9-6-15(13)10-18(26)25(3,19(30)11-20(26)35-14(2)28)8-7-21(31)27-22-17(29)5-4-16(23(22)32)24(33)34/h4-5,15,18,20,29,32H,1,6-12H2,2-3H3,(H,27,31)(H,33,34)/t15-,18+,20-,25-,26-/m0/s1. The van der Waals surface area contributed by atoms with Crippen molar-refractivity contribution in [1.29, 1.82) is 0 Å². The first-order chi connectivity index (χ1) is 16.4. The molecule has 0 radical (unpaired) electrons. The normalized spacial score (nSPS) is 31.7. The van der Waals surface area contributed by atoms with Gasteiger partial charge in [-0.25, -0.2) is 4.79 Å². The van der Waals surface area contributed by atoms with Gasteiger partial charge in [0.05, 0.1) is 0 Å². The average molecular weight is 502 g/mol. The summed E-state index contributed by atoms with van der Waals surface area (Å²) in [5, 5.41) is 31.8. The Bertz CT molecular complexity index is 1130. The maximum Gasteiger partial charge on any atom is 0.339 e. The molecule has 0 heterocycles. The van der Waals surface area contributed by atoms with Gasteiger partial charge in [0, 0.05) is 30.4 Å². The molecule has 8 nitrogen and oxygen atoms in total. The van der Waals surface area contributed by atoms with Crippen LogP contribution < -0.4 is 5.32 Å². The smallest absolute Gasteiger partial charge is 0.339 e. The molecule has 1 amide bonds. The fourth-order valence-corrected chi connectivity index (χ4v) is 7.96. The van der Waals surface area contributed by atoms with E-state index in [1.807, 2.05) is 6.92 Å². The summed E-state index contributed by atoms with van der Waals surface area (Å²) in [6.45, 7) is 7.75. The molecule has 0 saturated heterocycles. The molecule has 1 aromatic carbocycles. The highest BCUT2D eigenvalue weighted by molar-refractivity contribution is 8.14. The second kappa shape index (κ2) is 9.00. The third-order valence-electron chi connectivity index (χ3n) is 8.55. The molecule has 1 spiro atoms. The molecule has 35 heavy (non-hydrogen) atoms. The minimum atomic E-state index is -1.39. The number of phenolic OH excluding ortho intramolecular Hbond substituents is 1. The molecule has 4 fully saturated rings. The number of thioether (sulfide) groups is 1. The lowest BCUT2D eigenvalue weighted by Crippen LogP contribution is -2.61. The molecule has 9 heteroatoms. The van der Waals surface area contributed by atoms with Gasteiger partial charge in [-0.2, -0.15) is 0 Å². The van der Waals surface area contributed by atoms with Crippen LogP contribution in [-0.2, 0) is 14.4 Å². The van der Waals surface area contributed by atoms with Crippen molar-refractivity contribution in [2.45, 2.75) is 64.0 Å². The Hall–Kier alpha value is -2.81. The number of rotatable bonds is 6. The van der Waals surface area contributed by atoms with Crippen LogP contribution in [0.5, 0.6) is 11.5 Å². The number of hydrogen-bond acceptors (Lipinski definition) is 7. The summed E-state index contributed by atoms with van der Waals surface area (Å²) in [5.74, 6) is -2.68. The molecule has 4 aliphatic rings. The summed E-state index contributed by atoms with van der Waals surface area (Å²) in [7, 11) is 0. The predicted octanol–water partition coefficient (Wildman–Crippen LogP) is 4.50. The van der Waals surface area contributed by atoms with Gasteiger partial charge in [0.2, 0.25) is 5.91 Å². The lowest BCUT2D eigenvalue weighted by molar-refractivity contribution is -0.151. The van der Waals surface area contributed by atoms with Crippen molar-refractivity contribution in [1.82, 2.24) is 0 Å². The largest absolute Gasteiger partial charge is 0.506 e. The quantitative estimate of drug-likeness (QED) is 0.330. The van der Waals surface area contributed by atoms with Crippen LogP contribution in [0, 0.1) is 22.7 Å². The highest BCUT2D eigenvalue weighted by atomic mass is 32.2. The number of hydrogen-bond donors (Lipinski definition) is 4. The number of anilines is 1. The Morgan fingerprint density at radius 2 is 1.97 bits per heavy atom. The van der Waals surface area contributed by atoms with E-state index in [9.17, 15) is 34.5 Å². The number of aromatic hydroxyl groups is 2. The Labute approximate surface area is 208 Å². The van der Waals surface area contributed by atoms with Gasteiger partial charge in [0.25, 0.3) is 0 Å². The number of phenols is 2. The summed E-state index contributed by atoms with van der Waals surface area (Å²) >= 11 is 1.27. The molecule has 2 bridgehead atoms. The molecule has 0 unspecified atom stereocenters. The number of fused-ring (bicyclic) bond motifs is 2. The van der Waals surface area contributed by atoms with Crippen LogP contribution in [0.4, 0.5) is 5.69 Å². The molecule has 5 rings (SSSR count). The Balaban J connectivity index is 1.56. The Morgan fingerprint density at radius 1 is 1.26 bits per heavy atom. The number of nitrogens with one attached hydrogen (secondary N) is 1. The van der Waals surface area contributed by atoms with E-state index in [-0.39, 0.29) is 52.4 Å². The van der Waals surface area contributed by atoms with Crippen LogP contribution in [0.1, 0.15) is 69.2 Å². The van der Waals surface area contributed by atoms with Gasteiger partial charge in [-0.1, -0.05) is 30.8 Å². The van der Waals surface area contributed by atoms with Crippen molar-refractivity contribution in [3.63, 3.8) is 0 Å². The number of Topliss-reactive ketones (excluding diaryl/α,β-unsaturated/α-hetero) is 1. The number of amides is 1. The summed E-state index contributed by atoms with van der Waals surface area (Å²) < 4.78 is 0. The summed E-state index contributed by atoms with van der Waals surface area (Å²) in [4.78, 5) is 49.6. The van der Waals surface area contributed by atoms with E-state index in [0.29, 0.717) is 5.92 Å². The molecule has 188 valence electrons. The third-order valence-corrected chi connectivity index (χ3v) is 9.81. The van der Waals surface area contributed by atoms with Crippen LogP contribution in [0.3, 0.4) is 0 Å². The van der Waals surface area contributed by atoms with Crippen molar-refractivity contribution < 1.29 is 34.5 Å². The molecular formula is C26H31NO7S. The van der Waals surface area contributed by atoms with Gasteiger partial charge in [0.15, 0.2) is 10.9 Å². The Morgan fingerprint density at radius 3 is 2.60 bits per heavy atom. The highest BCUT2D eigenvalue weighted by Gasteiger charge is 2.64.